The average Bonchev–Trinajstić information content (AvgIpc) is 3.56. The number of nitrogens with zero attached hydrogens (tertiary/aromatic N) is 3. The van der Waals surface area contributed by atoms with Gasteiger partial charge >= 0.3 is 6.03 Å². The van der Waals surface area contributed by atoms with Gasteiger partial charge in [0, 0.05) is 16.8 Å². The lowest BCUT2D eigenvalue weighted by molar-refractivity contribution is -0.122. The molecule has 0 bridgehead atoms. The highest BCUT2D eigenvalue weighted by atomic mass is 16.5. The zero-order valence-electron chi connectivity index (χ0n) is 23.3. The SMILES string of the molecule is Cc1noc(C)c1-c1ccc2c(c1)C(c1ccccc1)N(CC(=O)N[C@H](C)c1nc3c(C(N)=O)cccc3[nH]1)C(=O)N2. The summed E-state index contributed by atoms with van der Waals surface area (Å²) in [6.07, 6.45) is 0. The maximum Gasteiger partial charge on any atom is 0.323 e. The highest BCUT2D eigenvalue weighted by Gasteiger charge is 2.35. The number of aryl methyl sites for hydroxylation is 2. The van der Waals surface area contributed by atoms with Crippen LogP contribution in [-0.4, -0.2) is 44.4 Å². The number of rotatable bonds is 7. The third kappa shape index (κ3) is 4.74. The summed E-state index contributed by atoms with van der Waals surface area (Å²) in [5.41, 5.74) is 11.8. The van der Waals surface area contributed by atoms with Crippen molar-refractivity contribution in [2.45, 2.75) is 32.9 Å². The highest BCUT2D eigenvalue weighted by molar-refractivity contribution is 6.04. The molecule has 0 fully saturated rings. The summed E-state index contributed by atoms with van der Waals surface area (Å²) in [5, 5.41) is 9.96. The van der Waals surface area contributed by atoms with Gasteiger partial charge in [0.15, 0.2) is 0 Å². The number of fused-ring (bicyclic) bond motifs is 2. The van der Waals surface area contributed by atoms with Crippen LogP contribution >= 0.6 is 0 Å². The number of imidazole rings is 1. The average molecular weight is 564 g/mol. The molecule has 2 atom stereocenters. The van der Waals surface area contributed by atoms with Crippen molar-refractivity contribution in [1.82, 2.24) is 25.3 Å². The van der Waals surface area contributed by atoms with Crippen molar-refractivity contribution in [1.29, 1.82) is 0 Å². The quantitative estimate of drug-likeness (QED) is 0.224. The molecule has 3 heterocycles. The Labute approximate surface area is 241 Å². The molecule has 0 saturated heterocycles. The van der Waals surface area contributed by atoms with Gasteiger partial charge in [-0.1, -0.05) is 47.6 Å². The van der Waals surface area contributed by atoms with E-state index in [9.17, 15) is 14.4 Å². The number of nitrogens with two attached hydrogens (primary N) is 1. The molecule has 6 rings (SSSR count). The van der Waals surface area contributed by atoms with Crippen molar-refractivity contribution >= 4 is 34.6 Å². The van der Waals surface area contributed by atoms with E-state index in [2.05, 4.69) is 25.8 Å². The van der Waals surface area contributed by atoms with Gasteiger partial charge in [-0.15, -0.1) is 0 Å². The number of nitrogens with one attached hydrogen (secondary N) is 3. The Morgan fingerprint density at radius 1 is 1.10 bits per heavy atom. The normalized spacial score (nSPS) is 15.3. The Morgan fingerprint density at radius 3 is 2.60 bits per heavy atom. The highest BCUT2D eigenvalue weighted by Crippen LogP contribution is 2.40. The standard InChI is InChI=1S/C31H29N7O4/c1-16-26(18(3)42-37-16)20-12-13-23-22(14-20)28(19-8-5-4-6-9-19)38(31(41)35-23)15-25(39)33-17(2)30-34-24-11-7-10-21(29(32)40)27(24)36-30/h4-14,17,28H,15H2,1-3H3,(H2,32,40)(H,33,39)(H,34,36)(H,35,41)/t17-,28?/m1/s1. The number of H-pyrrole nitrogens is 1. The Kier molecular flexibility index (Phi) is 6.69. The predicted molar refractivity (Wildman–Crippen MR) is 157 cm³/mol. The van der Waals surface area contributed by atoms with E-state index in [0.29, 0.717) is 33.9 Å². The van der Waals surface area contributed by atoms with Crippen LogP contribution in [0, 0.1) is 13.8 Å². The fraction of sp³-hybridized carbons (Fsp3) is 0.194. The number of benzene rings is 3. The third-order valence-electron chi connectivity index (χ3n) is 7.50. The second-order valence-corrected chi connectivity index (χ2v) is 10.3. The van der Waals surface area contributed by atoms with E-state index in [1.807, 2.05) is 62.4 Å². The van der Waals surface area contributed by atoms with Crippen molar-refractivity contribution in [3.63, 3.8) is 0 Å². The lowest BCUT2D eigenvalue weighted by atomic mass is 9.90. The Morgan fingerprint density at radius 2 is 1.88 bits per heavy atom. The lowest BCUT2D eigenvalue weighted by Crippen LogP contribution is -2.48. The van der Waals surface area contributed by atoms with Crippen LogP contribution in [0.25, 0.3) is 22.2 Å². The summed E-state index contributed by atoms with van der Waals surface area (Å²) in [5.74, 6) is 0.196. The smallest absolute Gasteiger partial charge is 0.323 e. The maximum absolute atomic E-state index is 13.4. The number of carbonyl (C=O) groups excluding carboxylic acids is 3. The van der Waals surface area contributed by atoms with Crippen molar-refractivity contribution in [2.75, 3.05) is 11.9 Å². The number of anilines is 1. The number of para-hydroxylation sites is 1. The third-order valence-corrected chi connectivity index (χ3v) is 7.50. The minimum absolute atomic E-state index is 0.211. The number of hydrogen-bond donors (Lipinski definition) is 4. The van der Waals surface area contributed by atoms with Crippen LogP contribution in [0.4, 0.5) is 10.5 Å². The van der Waals surface area contributed by atoms with Crippen LogP contribution in [0.5, 0.6) is 0 Å². The van der Waals surface area contributed by atoms with Gasteiger partial charge in [-0.3, -0.25) is 9.59 Å². The molecule has 2 aromatic heterocycles. The molecule has 1 unspecified atom stereocenters. The van der Waals surface area contributed by atoms with Gasteiger partial charge in [0.1, 0.15) is 23.6 Å². The summed E-state index contributed by atoms with van der Waals surface area (Å²) < 4.78 is 5.39. The second kappa shape index (κ2) is 10.5. The first-order valence-corrected chi connectivity index (χ1v) is 13.5. The minimum Gasteiger partial charge on any atom is -0.366 e. The van der Waals surface area contributed by atoms with E-state index >= 15 is 0 Å². The van der Waals surface area contributed by atoms with Crippen molar-refractivity contribution < 1.29 is 18.9 Å². The van der Waals surface area contributed by atoms with E-state index in [-0.39, 0.29) is 18.5 Å². The molecule has 0 aliphatic carbocycles. The van der Waals surface area contributed by atoms with Crippen LogP contribution in [0.1, 0.15) is 57.8 Å². The molecule has 1 aliphatic rings. The van der Waals surface area contributed by atoms with Crippen LogP contribution in [0.3, 0.4) is 0 Å². The molecule has 5 N–H and O–H groups in total. The molecule has 0 saturated carbocycles. The molecule has 1 aliphatic heterocycles. The summed E-state index contributed by atoms with van der Waals surface area (Å²) in [7, 11) is 0. The van der Waals surface area contributed by atoms with Crippen molar-refractivity contribution in [2.24, 2.45) is 5.73 Å². The zero-order valence-corrected chi connectivity index (χ0v) is 23.3. The van der Waals surface area contributed by atoms with Gasteiger partial charge in [-0.2, -0.15) is 0 Å². The molecular weight excluding hydrogens is 534 g/mol. The van der Waals surface area contributed by atoms with E-state index in [1.54, 1.807) is 25.1 Å². The number of aromatic nitrogens is 3. The molecular formula is C31H29N7O4. The Balaban J connectivity index is 1.31. The van der Waals surface area contributed by atoms with Gasteiger partial charge in [-0.25, -0.2) is 9.78 Å². The molecule has 212 valence electrons. The molecule has 42 heavy (non-hydrogen) atoms. The maximum atomic E-state index is 13.4. The van der Waals surface area contributed by atoms with E-state index in [1.165, 1.54) is 4.90 Å². The predicted octanol–water partition coefficient (Wildman–Crippen LogP) is 4.75. The van der Waals surface area contributed by atoms with Gasteiger partial charge in [-0.05, 0) is 56.2 Å². The van der Waals surface area contributed by atoms with Gasteiger partial charge < -0.3 is 30.8 Å². The second-order valence-electron chi connectivity index (χ2n) is 10.3. The summed E-state index contributed by atoms with van der Waals surface area (Å²) >= 11 is 0. The number of amides is 4. The Hall–Kier alpha value is -5.45. The van der Waals surface area contributed by atoms with E-state index in [4.69, 9.17) is 10.3 Å². The monoisotopic (exact) mass is 563 g/mol. The van der Waals surface area contributed by atoms with Gasteiger partial charge in [0.2, 0.25) is 5.91 Å². The summed E-state index contributed by atoms with van der Waals surface area (Å²) in [4.78, 5) is 47.8. The number of primary amides is 1. The largest absolute Gasteiger partial charge is 0.366 e. The molecule has 11 nitrogen and oxygen atoms in total. The molecule has 0 radical (unpaired) electrons. The Bertz CT molecular complexity index is 1820. The molecule has 4 amide bonds. The van der Waals surface area contributed by atoms with Crippen LogP contribution < -0.4 is 16.4 Å². The van der Waals surface area contributed by atoms with Crippen LogP contribution in [0.15, 0.2) is 71.3 Å². The topological polar surface area (TPSA) is 159 Å². The van der Waals surface area contributed by atoms with E-state index in [0.717, 1.165) is 27.9 Å². The number of aromatic amines is 1. The first-order valence-electron chi connectivity index (χ1n) is 13.5. The van der Waals surface area contributed by atoms with Crippen molar-refractivity contribution in [3.8, 4) is 11.1 Å². The number of carbonyl (C=O) groups is 3. The number of hydrogen-bond acceptors (Lipinski definition) is 6. The number of urea groups is 1. The molecule has 3 aromatic carbocycles. The zero-order chi connectivity index (χ0) is 29.5. The van der Waals surface area contributed by atoms with Gasteiger partial charge in [0.05, 0.1) is 28.9 Å². The molecule has 5 aromatic rings. The van der Waals surface area contributed by atoms with E-state index < -0.39 is 18.0 Å². The molecule has 0 spiro atoms. The van der Waals surface area contributed by atoms with Gasteiger partial charge in [0.25, 0.3) is 5.91 Å². The van der Waals surface area contributed by atoms with Crippen LogP contribution in [0.2, 0.25) is 0 Å². The fourth-order valence-corrected chi connectivity index (χ4v) is 5.55. The summed E-state index contributed by atoms with van der Waals surface area (Å²) in [6, 6.07) is 19.0. The first kappa shape index (κ1) is 26.8. The summed E-state index contributed by atoms with van der Waals surface area (Å²) in [6.45, 7) is 5.31. The molecule has 11 heteroatoms. The van der Waals surface area contributed by atoms with Crippen molar-refractivity contribution in [3.05, 3.63) is 101 Å². The lowest BCUT2D eigenvalue weighted by Gasteiger charge is -2.37. The minimum atomic E-state index is -0.587. The first-order chi connectivity index (χ1) is 20.2. The van der Waals surface area contributed by atoms with Crippen LogP contribution in [-0.2, 0) is 4.79 Å². The fourth-order valence-electron chi connectivity index (χ4n) is 5.55.